The molecule has 1 fully saturated rings. The number of carbonyl (C=O) groups is 5. The Kier molecular flexibility index (Phi) is 16.5. The lowest BCUT2D eigenvalue weighted by molar-refractivity contribution is -0.132. The van der Waals surface area contributed by atoms with Crippen LogP contribution < -0.4 is 43.8 Å². The van der Waals surface area contributed by atoms with Gasteiger partial charge in [0, 0.05) is 12.1 Å². The number of nitrogens with zero attached hydrogens (tertiary/aromatic N) is 2. The summed E-state index contributed by atoms with van der Waals surface area (Å²) in [5.41, 5.74) is 23.7. The summed E-state index contributed by atoms with van der Waals surface area (Å²) < 4.78 is 0.417. The first-order valence-corrected chi connectivity index (χ1v) is 18.1. The topological polar surface area (TPSA) is 241 Å². The molecule has 0 bridgehead atoms. The minimum atomic E-state index is -1.05. The third-order valence-corrected chi connectivity index (χ3v) is 9.23. The number of thiocarbonyl (C=S) groups is 1. The number of guanidine groups is 1. The molecule has 0 spiro atoms. The zero-order valence-corrected chi connectivity index (χ0v) is 30.3. The van der Waals surface area contributed by atoms with Crippen LogP contribution in [-0.4, -0.2) is 71.0 Å². The summed E-state index contributed by atoms with van der Waals surface area (Å²) in [6.45, 7) is 2.57. The van der Waals surface area contributed by atoms with Gasteiger partial charge in [0.15, 0.2) is 10.3 Å². The van der Waals surface area contributed by atoms with Gasteiger partial charge in [-0.2, -0.15) is 0 Å². The summed E-state index contributed by atoms with van der Waals surface area (Å²) >= 11 is 6.63. The fourth-order valence-electron chi connectivity index (χ4n) is 5.16. The first-order valence-electron chi connectivity index (χ1n) is 16.8. The van der Waals surface area contributed by atoms with Crippen molar-refractivity contribution in [3.05, 3.63) is 70.6 Å². The van der Waals surface area contributed by atoms with Gasteiger partial charge in [-0.05, 0) is 81.0 Å². The number of nitrogens with one attached hydrogen (secondary N) is 3. The molecule has 0 aliphatic carbocycles. The van der Waals surface area contributed by atoms with Crippen molar-refractivity contribution in [1.29, 1.82) is 0 Å². The molecule has 16 heteroatoms. The molecule has 2 aromatic rings. The van der Waals surface area contributed by atoms with Gasteiger partial charge in [0.05, 0.1) is 10.6 Å². The molecule has 1 heterocycles. The summed E-state index contributed by atoms with van der Waals surface area (Å²) in [6.07, 6.45) is 5.47. The third kappa shape index (κ3) is 12.8. The minimum absolute atomic E-state index is 0.105. The average Bonchev–Trinajstić information content (AvgIpc) is 3.39. The molecule has 0 aromatic heterocycles. The summed E-state index contributed by atoms with van der Waals surface area (Å²) in [4.78, 5) is 71.3. The molecule has 274 valence electrons. The highest BCUT2D eigenvalue weighted by molar-refractivity contribution is 8.27. The Morgan fingerprint density at radius 1 is 0.843 bits per heavy atom. The van der Waals surface area contributed by atoms with Crippen LogP contribution in [0.3, 0.4) is 0 Å². The fraction of sp³-hybridized carbons (Fsp3) is 0.400. The van der Waals surface area contributed by atoms with Crippen LogP contribution in [0.1, 0.15) is 74.2 Å². The second-order valence-electron chi connectivity index (χ2n) is 11.9. The minimum Gasteiger partial charge on any atom is -0.370 e. The normalized spacial score (nSPS) is 15.2. The number of thioether (sulfide) groups is 1. The largest absolute Gasteiger partial charge is 0.370 e. The second kappa shape index (κ2) is 20.8. The molecule has 0 unspecified atom stereocenters. The number of anilines is 1. The fourth-order valence-corrected chi connectivity index (χ4v) is 6.46. The van der Waals surface area contributed by atoms with Gasteiger partial charge < -0.3 is 38.9 Å². The lowest BCUT2D eigenvalue weighted by Crippen LogP contribution is -2.56. The Morgan fingerprint density at radius 2 is 1.45 bits per heavy atom. The van der Waals surface area contributed by atoms with Crippen molar-refractivity contribution in [2.24, 2.45) is 27.9 Å². The van der Waals surface area contributed by atoms with E-state index in [-0.39, 0.29) is 36.8 Å². The number of hydrogen-bond donors (Lipinski definition) is 7. The quantitative estimate of drug-likeness (QED) is 0.0343. The summed E-state index contributed by atoms with van der Waals surface area (Å²) in [5.74, 6) is -2.69. The van der Waals surface area contributed by atoms with Crippen LogP contribution in [0.2, 0.25) is 0 Å². The molecule has 51 heavy (non-hydrogen) atoms. The smallest absolute Gasteiger partial charge is 0.270 e. The van der Waals surface area contributed by atoms with Gasteiger partial charge in [-0.1, -0.05) is 74.1 Å². The van der Waals surface area contributed by atoms with E-state index in [9.17, 15) is 24.0 Å². The summed E-state index contributed by atoms with van der Waals surface area (Å²) in [6, 6.07) is 12.7. The van der Waals surface area contributed by atoms with Gasteiger partial charge >= 0.3 is 0 Å². The first-order chi connectivity index (χ1) is 24.4. The van der Waals surface area contributed by atoms with Crippen LogP contribution in [-0.2, 0) is 19.2 Å². The predicted octanol–water partition coefficient (Wildman–Crippen LogP) is 2.02. The van der Waals surface area contributed by atoms with Gasteiger partial charge in [0.1, 0.15) is 18.1 Å². The molecule has 0 saturated carbocycles. The number of unbranched alkanes of at least 4 members (excludes halogenated alkanes) is 2. The molecule has 3 atom stereocenters. The van der Waals surface area contributed by atoms with Gasteiger partial charge in [-0.15, -0.1) is 0 Å². The average molecular weight is 738 g/mol. The number of hydrogen-bond acceptors (Lipinski definition) is 9. The number of rotatable bonds is 20. The van der Waals surface area contributed by atoms with Crippen LogP contribution >= 0.6 is 24.0 Å². The van der Waals surface area contributed by atoms with Crippen molar-refractivity contribution in [3.63, 3.8) is 0 Å². The molecular formula is C35H47N9O5S2. The van der Waals surface area contributed by atoms with Crippen LogP contribution in [0.5, 0.6) is 0 Å². The standard InChI is InChI=1S/C35H47N9O5S2/c1-2-3-12-25(29(37)45)41-31(47)26(13-7-8-19-36)43-32(48)27(14-9-20-40-34(38)39)42-30(46)23-17-15-22(16-18-23)21-28-33(49)44(35(50)51-28)24-10-5-4-6-11-24/h4-6,10-11,15-18,21,25-27H,2-3,7-9,12-14,19-20,36H2,1H3,(H2,37,45)(H,41,47)(H,42,46)(H,43,48)(H4,38,39,40)/b28-21-/t25-,26-,27-/m0/s1. The highest BCUT2D eigenvalue weighted by Crippen LogP contribution is 2.35. The van der Waals surface area contributed by atoms with E-state index < -0.39 is 41.8 Å². The zero-order valence-electron chi connectivity index (χ0n) is 28.6. The number of carbonyl (C=O) groups excluding carboxylic acids is 5. The van der Waals surface area contributed by atoms with E-state index in [1.165, 1.54) is 16.7 Å². The Labute approximate surface area is 307 Å². The Balaban J connectivity index is 1.75. The monoisotopic (exact) mass is 737 g/mol. The summed E-state index contributed by atoms with van der Waals surface area (Å²) in [7, 11) is 0. The van der Waals surface area contributed by atoms with Crippen LogP contribution in [0, 0.1) is 0 Å². The summed E-state index contributed by atoms with van der Waals surface area (Å²) in [5, 5.41) is 8.19. The second-order valence-corrected chi connectivity index (χ2v) is 13.6. The number of aliphatic imine (C=N–C) groups is 1. The lowest BCUT2D eigenvalue weighted by Gasteiger charge is -2.25. The molecule has 1 saturated heterocycles. The molecule has 0 radical (unpaired) electrons. The predicted molar refractivity (Wildman–Crippen MR) is 205 cm³/mol. The van der Waals surface area contributed by atoms with E-state index in [1.54, 1.807) is 42.5 Å². The molecule has 1 aliphatic heterocycles. The molecular weight excluding hydrogens is 691 g/mol. The van der Waals surface area contributed by atoms with E-state index in [0.717, 1.165) is 6.42 Å². The number of para-hydroxylation sites is 1. The SMILES string of the molecule is CCCC[C@H](NC(=O)[C@H](CCCCN)NC(=O)[C@H](CCCN=C(N)N)NC(=O)c1ccc(/C=C2\SC(=S)N(c3ccccc3)C2=O)cc1)C(N)=O. The highest BCUT2D eigenvalue weighted by atomic mass is 32.2. The maximum absolute atomic E-state index is 13.6. The maximum Gasteiger partial charge on any atom is 0.270 e. The van der Waals surface area contributed by atoms with Crippen molar-refractivity contribution in [2.45, 2.75) is 76.4 Å². The lowest BCUT2D eigenvalue weighted by atomic mass is 10.0. The van der Waals surface area contributed by atoms with E-state index in [1.807, 2.05) is 25.1 Å². The van der Waals surface area contributed by atoms with Crippen molar-refractivity contribution in [1.82, 2.24) is 16.0 Å². The maximum atomic E-state index is 13.6. The van der Waals surface area contributed by atoms with Crippen molar-refractivity contribution < 1.29 is 24.0 Å². The van der Waals surface area contributed by atoms with Gasteiger partial charge in [0.2, 0.25) is 17.7 Å². The van der Waals surface area contributed by atoms with E-state index >= 15 is 0 Å². The van der Waals surface area contributed by atoms with Gasteiger partial charge in [-0.3, -0.25) is 33.9 Å². The molecule has 5 amide bonds. The third-order valence-electron chi connectivity index (χ3n) is 7.93. The van der Waals surface area contributed by atoms with Crippen LogP contribution in [0.25, 0.3) is 6.08 Å². The van der Waals surface area contributed by atoms with Crippen LogP contribution in [0.15, 0.2) is 64.5 Å². The van der Waals surface area contributed by atoms with Crippen LogP contribution in [0.4, 0.5) is 5.69 Å². The Morgan fingerprint density at radius 3 is 2.06 bits per heavy atom. The van der Waals surface area contributed by atoms with Crippen molar-refractivity contribution >= 4 is 75.6 Å². The van der Waals surface area contributed by atoms with Gasteiger partial charge in [0.25, 0.3) is 11.8 Å². The first kappa shape index (κ1) is 40.6. The Bertz CT molecular complexity index is 1600. The van der Waals surface area contributed by atoms with E-state index in [4.69, 9.17) is 35.2 Å². The van der Waals surface area contributed by atoms with Gasteiger partial charge in [-0.25, -0.2) is 0 Å². The molecule has 1 aliphatic rings. The zero-order chi connectivity index (χ0) is 37.3. The molecule has 11 N–H and O–H groups in total. The van der Waals surface area contributed by atoms with Crippen molar-refractivity contribution in [3.8, 4) is 0 Å². The highest BCUT2D eigenvalue weighted by Gasteiger charge is 2.33. The molecule has 3 rings (SSSR count). The Hall–Kier alpha value is -4.80. The number of benzene rings is 2. The number of primary amides is 1. The van der Waals surface area contributed by atoms with E-state index in [0.29, 0.717) is 59.1 Å². The van der Waals surface area contributed by atoms with E-state index in [2.05, 4.69) is 20.9 Å². The number of amides is 5. The van der Waals surface area contributed by atoms with Crippen molar-refractivity contribution in [2.75, 3.05) is 18.0 Å². The molecule has 14 nitrogen and oxygen atoms in total. The molecule has 2 aromatic carbocycles. The number of nitrogens with two attached hydrogens (primary N) is 4.